The van der Waals surface area contributed by atoms with Crippen molar-refractivity contribution in [3.63, 3.8) is 0 Å². The van der Waals surface area contributed by atoms with Crippen LogP contribution in [0.3, 0.4) is 0 Å². The van der Waals surface area contributed by atoms with E-state index in [2.05, 4.69) is 37.3 Å². The number of anilines is 1. The molecule has 0 unspecified atom stereocenters. The zero-order valence-corrected chi connectivity index (χ0v) is 12.1. The molecule has 0 saturated carbocycles. The molecular formula is C12H11BrN4S. The molecular weight excluding hydrogens is 312 g/mol. The van der Waals surface area contributed by atoms with Crippen LogP contribution in [0.25, 0.3) is 10.2 Å². The average molecular weight is 323 g/mol. The van der Waals surface area contributed by atoms with Crippen LogP contribution in [0.2, 0.25) is 0 Å². The van der Waals surface area contributed by atoms with Gasteiger partial charge in [0.15, 0.2) is 5.13 Å². The molecule has 18 heavy (non-hydrogen) atoms. The standard InChI is InChI=1S/C12H11BrN4S/c1-17-5-4-14-11(17)7-15-12-16-9-3-2-8(13)6-10(9)18-12/h2-6H,7H2,1H3,(H,15,16). The van der Waals surface area contributed by atoms with Crippen LogP contribution in [0, 0.1) is 0 Å². The van der Waals surface area contributed by atoms with Crippen LogP contribution in [0.4, 0.5) is 5.13 Å². The smallest absolute Gasteiger partial charge is 0.184 e. The Morgan fingerprint density at radius 2 is 2.33 bits per heavy atom. The van der Waals surface area contributed by atoms with Gasteiger partial charge in [-0.1, -0.05) is 27.3 Å². The lowest BCUT2D eigenvalue weighted by molar-refractivity contribution is 0.812. The third kappa shape index (κ3) is 2.26. The summed E-state index contributed by atoms with van der Waals surface area (Å²) in [7, 11) is 1.99. The van der Waals surface area contributed by atoms with E-state index in [0.717, 1.165) is 20.9 Å². The number of fused-ring (bicyclic) bond motifs is 1. The predicted octanol–water partition coefficient (Wildman–Crippen LogP) is 3.40. The summed E-state index contributed by atoms with van der Waals surface area (Å²) in [6.07, 6.45) is 3.74. The monoisotopic (exact) mass is 322 g/mol. The number of imidazole rings is 1. The van der Waals surface area contributed by atoms with E-state index < -0.39 is 0 Å². The van der Waals surface area contributed by atoms with Crippen LogP contribution in [0.5, 0.6) is 0 Å². The lowest BCUT2D eigenvalue weighted by atomic mass is 10.3. The molecule has 0 radical (unpaired) electrons. The van der Waals surface area contributed by atoms with Gasteiger partial charge in [0.25, 0.3) is 0 Å². The summed E-state index contributed by atoms with van der Waals surface area (Å²) in [6, 6.07) is 6.10. The molecule has 0 fully saturated rings. The maximum absolute atomic E-state index is 4.53. The summed E-state index contributed by atoms with van der Waals surface area (Å²) in [5.41, 5.74) is 1.02. The highest BCUT2D eigenvalue weighted by molar-refractivity contribution is 9.10. The van der Waals surface area contributed by atoms with E-state index in [9.17, 15) is 0 Å². The van der Waals surface area contributed by atoms with Gasteiger partial charge in [-0.3, -0.25) is 0 Å². The highest BCUT2D eigenvalue weighted by Gasteiger charge is 2.05. The van der Waals surface area contributed by atoms with Crippen LogP contribution in [0.15, 0.2) is 35.1 Å². The van der Waals surface area contributed by atoms with Crippen LogP contribution in [-0.4, -0.2) is 14.5 Å². The summed E-state index contributed by atoms with van der Waals surface area (Å²) in [5.74, 6) is 0.996. The lowest BCUT2D eigenvalue weighted by Crippen LogP contribution is -2.05. The summed E-state index contributed by atoms with van der Waals surface area (Å²) < 4.78 is 4.25. The van der Waals surface area contributed by atoms with E-state index in [-0.39, 0.29) is 0 Å². The van der Waals surface area contributed by atoms with E-state index in [1.165, 1.54) is 4.70 Å². The largest absolute Gasteiger partial charge is 0.354 e. The fourth-order valence-electron chi connectivity index (χ4n) is 1.70. The third-order valence-corrected chi connectivity index (χ3v) is 4.14. The molecule has 0 aliphatic heterocycles. The Bertz CT molecular complexity index is 688. The number of aromatic nitrogens is 3. The number of hydrogen-bond acceptors (Lipinski definition) is 4. The van der Waals surface area contributed by atoms with Crippen molar-refractivity contribution in [1.82, 2.24) is 14.5 Å². The number of nitrogens with one attached hydrogen (secondary N) is 1. The first-order valence-corrected chi connectivity index (χ1v) is 7.09. The van der Waals surface area contributed by atoms with Gasteiger partial charge in [0.05, 0.1) is 16.8 Å². The van der Waals surface area contributed by atoms with Crippen LogP contribution >= 0.6 is 27.3 Å². The number of benzene rings is 1. The molecule has 92 valence electrons. The molecule has 0 amide bonds. The van der Waals surface area contributed by atoms with Crippen LogP contribution < -0.4 is 5.32 Å². The minimum Gasteiger partial charge on any atom is -0.354 e. The van der Waals surface area contributed by atoms with Gasteiger partial charge < -0.3 is 9.88 Å². The molecule has 1 aromatic carbocycles. The second-order valence-corrected chi connectivity index (χ2v) is 5.89. The van der Waals surface area contributed by atoms with Gasteiger partial charge in [0.1, 0.15) is 5.82 Å². The molecule has 0 spiro atoms. The van der Waals surface area contributed by atoms with Gasteiger partial charge in [-0.05, 0) is 18.2 Å². The number of rotatable bonds is 3. The number of nitrogens with zero attached hydrogens (tertiary/aromatic N) is 3. The Morgan fingerprint density at radius 3 is 3.11 bits per heavy atom. The first-order chi connectivity index (χ1) is 8.72. The molecule has 3 aromatic rings. The van der Waals surface area contributed by atoms with Crippen molar-refractivity contribution in [1.29, 1.82) is 0 Å². The first kappa shape index (κ1) is 11.7. The summed E-state index contributed by atoms with van der Waals surface area (Å²) in [6.45, 7) is 0.685. The van der Waals surface area contributed by atoms with E-state index in [4.69, 9.17) is 0 Å². The average Bonchev–Trinajstić information content (AvgIpc) is 2.92. The normalized spacial score (nSPS) is 11.0. The molecule has 0 atom stereocenters. The molecule has 0 bridgehead atoms. The summed E-state index contributed by atoms with van der Waals surface area (Å²) in [4.78, 5) is 8.80. The van der Waals surface area contributed by atoms with E-state index >= 15 is 0 Å². The Morgan fingerprint density at radius 1 is 1.44 bits per heavy atom. The highest BCUT2D eigenvalue weighted by Crippen LogP contribution is 2.28. The van der Waals surface area contributed by atoms with Gasteiger partial charge in [-0.15, -0.1) is 0 Å². The third-order valence-electron chi connectivity index (χ3n) is 2.67. The molecule has 0 aliphatic rings. The van der Waals surface area contributed by atoms with Crippen LogP contribution in [0.1, 0.15) is 5.82 Å². The van der Waals surface area contributed by atoms with Gasteiger partial charge in [0, 0.05) is 23.9 Å². The quantitative estimate of drug-likeness (QED) is 0.803. The van der Waals surface area contributed by atoms with Crippen molar-refractivity contribution < 1.29 is 0 Å². The second kappa shape index (κ2) is 4.70. The molecule has 2 heterocycles. The Hall–Kier alpha value is -1.40. The van der Waals surface area contributed by atoms with Crippen LogP contribution in [-0.2, 0) is 13.6 Å². The molecule has 6 heteroatoms. The molecule has 0 aliphatic carbocycles. The maximum atomic E-state index is 4.53. The fourth-order valence-corrected chi connectivity index (χ4v) is 3.11. The SMILES string of the molecule is Cn1ccnc1CNc1nc2ccc(Br)cc2s1. The second-order valence-electron chi connectivity index (χ2n) is 3.94. The molecule has 1 N–H and O–H groups in total. The summed E-state index contributed by atoms with van der Waals surface area (Å²) in [5, 5.41) is 4.23. The van der Waals surface area contributed by atoms with Gasteiger partial charge >= 0.3 is 0 Å². The van der Waals surface area contributed by atoms with Crippen molar-refractivity contribution in [2.24, 2.45) is 7.05 Å². The molecule has 4 nitrogen and oxygen atoms in total. The lowest BCUT2D eigenvalue weighted by Gasteiger charge is -2.01. The minimum absolute atomic E-state index is 0.685. The zero-order chi connectivity index (χ0) is 12.5. The number of halogens is 1. The zero-order valence-electron chi connectivity index (χ0n) is 9.72. The van der Waals surface area contributed by atoms with E-state index in [1.54, 1.807) is 17.5 Å². The molecule has 3 rings (SSSR count). The molecule has 2 aromatic heterocycles. The number of thiazole rings is 1. The first-order valence-electron chi connectivity index (χ1n) is 5.48. The predicted molar refractivity (Wildman–Crippen MR) is 77.9 cm³/mol. The number of hydrogen-bond donors (Lipinski definition) is 1. The minimum atomic E-state index is 0.685. The van der Waals surface area contributed by atoms with Crippen molar-refractivity contribution in [3.8, 4) is 0 Å². The van der Waals surface area contributed by atoms with E-state index in [1.807, 2.05) is 29.9 Å². The summed E-state index contributed by atoms with van der Waals surface area (Å²) >= 11 is 5.12. The van der Waals surface area contributed by atoms with Crippen molar-refractivity contribution in [2.45, 2.75) is 6.54 Å². The highest BCUT2D eigenvalue weighted by atomic mass is 79.9. The van der Waals surface area contributed by atoms with Gasteiger partial charge in [-0.2, -0.15) is 0 Å². The van der Waals surface area contributed by atoms with Crippen molar-refractivity contribution >= 4 is 42.6 Å². The van der Waals surface area contributed by atoms with Gasteiger partial charge in [0.2, 0.25) is 0 Å². The Kier molecular flexibility index (Phi) is 3.05. The molecule has 0 saturated heterocycles. The topological polar surface area (TPSA) is 42.7 Å². The maximum Gasteiger partial charge on any atom is 0.184 e. The van der Waals surface area contributed by atoms with Crippen molar-refractivity contribution in [3.05, 3.63) is 40.9 Å². The number of aryl methyl sites for hydroxylation is 1. The Labute approximate surface area is 117 Å². The van der Waals surface area contributed by atoms with Gasteiger partial charge in [-0.25, -0.2) is 9.97 Å². The fraction of sp³-hybridized carbons (Fsp3) is 0.167. The van der Waals surface area contributed by atoms with Crippen molar-refractivity contribution in [2.75, 3.05) is 5.32 Å². The van der Waals surface area contributed by atoms with E-state index in [0.29, 0.717) is 6.54 Å². The Balaban J connectivity index is 1.81.